The van der Waals surface area contributed by atoms with E-state index in [1.165, 1.54) is 13.2 Å². The van der Waals surface area contributed by atoms with E-state index in [4.69, 9.17) is 39.5 Å². The van der Waals surface area contributed by atoms with Gasteiger partial charge in [0.15, 0.2) is 0 Å². The zero-order valence-electron chi connectivity index (χ0n) is 10.7. The van der Waals surface area contributed by atoms with Crippen molar-refractivity contribution in [2.75, 3.05) is 7.11 Å². The molecule has 0 radical (unpaired) electrons. The third-order valence-electron chi connectivity index (χ3n) is 2.98. The zero-order chi connectivity index (χ0) is 14.7. The Kier molecular flexibility index (Phi) is 5.14. The predicted octanol–water partition coefficient (Wildman–Crippen LogP) is 5.66. The first-order valence-electron chi connectivity index (χ1n) is 5.93. The Bertz CT molecular complexity index is 596. The van der Waals surface area contributed by atoms with Gasteiger partial charge in [0, 0.05) is 21.2 Å². The Morgan fingerprint density at radius 1 is 1.20 bits per heavy atom. The van der Waals surface area contributed by atoms with Crippen LogP contribution < -0.4 is 4.74 Å². The van der Waals surface area contributed by atoms with Crippen LogP contribution in [0.5, 0.6) is 5.75 Å². The van der Waals surface area contributed by atoms with Crippen molar-refractivity contribution in [2.45, 2.75) is 11.8 Å². The van der Waals surface area contributed by atoms with Gasteiger partial charge in [-0.15, -0.1) is 11.6 Å². The largest absolute Gasteiger partial charge is 0.496 e. The number of hydrogen-bond acceptors (Lipinski definition) is 1. The first kappa shape index (κ1) is 15.4. The highest BCUT2D eigenvalue weighted by Crippen LogP contribution is 2.36. The second-order valence-electron chi connectivity index (χ2n) is 4.26. The Morgan fingerprint density at radius 3 is 2.60 bits per heavy atom. The third kappa shape index (κ3) is 3.38. The van der Waals surface area contributed by atoms with Crippen LogP contribution in [0.3, 0.4) is 0 Å². The Hall–Kier alpha value is -0.960. The topological polar surface area (TPSA) is 9.23 Å². The van der Waals surface area contributed by atoms with E-state index in [1.54, 1.807) is 30.3 Å². The molecular formula is C15H12Cl3FO. The molecule has 0 aliphatic heterocycles. The molecule has 0 bridgehead atoms. The van der Waals surface area contributed by atoms with Crippen molar-refractivity contribution < 1.29 is 9.13 Å². The van der Waals surface area contributed by atoms with Crippen LogP contribution in [0.2, 0.25) is 10.0 Å². The molecule has 0 heterocycles. The number of ether oxygens (including phenoxy) is 1. The van der Waals surface area contributed by atoms with Gasteiger partial charge in [0.1, 0.15) is 11.6 Å². The number of methoxy groups -OCH3 is 1. The van der Waals surface area contributed by atoms with Gasteiger partial charge >= 0.3 is 0 Å². The van der Waals surface area contributed by atoms with Crippen LogP contribution >= 0.6 is 34.8 Å². The molecule has 0 aromatic heterocycles. The Labute approximate surface area is 132 Å². The molecule has 2 aromatic rings. The van der Waals surface area contributed by atoms with Crippen LogP contribution in [-0.2, 0) is 6.42 Å². The SMILES string of the molecule is COc1cc(Cl)ccc1C(Cl)Cc1c(F)cccc1Cl. The summed E-state index contributed by atoms with van der Waals surface area (Å²) in [6.45, 7) is 0. The van der Waals surface area contributed by atoms with Crippen LogP contribution in [0.4, 0.5) is 4.39 Å². The lowest BCUT2D eigenvalue weighted by atomic mass is 10.0. The van der Waals surface area contributed by atoms with E-state index in [1.807, 2.05) is 0 Å². The number of rotatable bonds is 4. The molecule has 0 fully saturated rings. The van der Waals surface area contributed by atoms with Gasteiger partial charge in [-0.05, 0) is 30.7 Å². The summed E-state index contributed by atoms with van der Waals surface area (Å²) in [5.41, 5.74) is 1.14. The maximum Gasteiger partial charge on any atom is 0.127 e. The smallest absolute Gasteiger partial charge is 0.127 e. The molecule has 1 nitrogen and oxygen atoms in total. The number of benzene rings is 2. The second kappa shape index (κ2) is 6.66. The van der Waals surface area contributed by atoms with Gasteiger partial charge in [0.2, 0.25) is 0 Å². The van der Waals surface area contributed by atoms with Gasteiger partial charge in [0.25, 0.3) is 0 Å². The minimum absolute atomic E-state index is 0.269. The van der Waals surface area contributed by atoms with Crippen LogP contribution in [-0.4, -0.2) is 7.11 Å². The van der Waals surface area contributed by atoms with Crippen molar-refractivity contribution in [3.8, 4) is 5.75 Å². The van der Waals surface area contributed by atoms with Gasteiger partial charge < -0.3 is 4.74 Å². The molecular weight excluding hydrogens is 322 g/mol. The summed E-state index contributed by atoms with van der Waals surface area (Å²) in [5.74, 6) is 0.209. The number of halogens is 4. The van der Waals surface area contributed by atoms with Crippen LogP contribution in [0.15, 0.2) is 36.4 Å². The van der Waals surface area contributed by atoms with Gasteiger partial charge in [-0.2, -0.15) is 0 Å². The highest BCUT2D eigenvalue weighted by Gasteiger charge is 2.18. The summed E-state index contributed by atoms with van der Waals surface area (Å²) in [4.78, 5) is 0. The lowest BCUT2D eigenvalue weighted by molar-refractivity contribution is 0.409. The molecule has 0 aliphatic rings. The highest BCUT2D eigenvalue weighted by molar-refractivity contribution is 6.31. The summed E-state index contributed by atoms with van der Waals surface area (Å²) < 4.78 is 19.0. The monoisotopic (exact) mass is 332 g/mol. The van der Waals surface area contributed by atoms with Gasteiger partial charge in [0.05, 0.1) is 12.5 Å². The fourth-order valence-electron chi connectivity index (χ4n) is 1.96. The molecule has 2 rings (SSSR count). The molecule has 1 atom stereocenters. The third-order valence-corrected chi connectivity index (χ3v) is 3.96. The quantitative estimate of drug-likeness (QED) is 0.656. The van der Waals surface area contributed by atoms with Crippen molar-refractivity contribution in [1.82, 2.24) is 0 Å². The minimum Gasteiger partial charge on any atom is -0.496 e. The molecule has 0 aliphatic carbocycles. The summed E-state index contributed by atoms with van der Waals surface area (Å²) in [5, 5.41) is 0.457. The van der Waals surface area contributed by atoms with Crippen molar-refractivity contribution in [3.05, 3.63) is 63.4 Å². The molecule has 1 unspecified atom stereocenters. The Balaban J connectivity index is 2.31. The van der Waals surface area contributed by atoms with Gasteiger partial charge in [-0.25, -0.2) is 4.39 Å². The average molecular weight is 334 g/mol. The molecule has 20 heavy (non-hydrogen) atoms. The van der Waals surface area contributed by atoms with E-state index in [9.17, 15) is 4.39 Å². The molecule has 0 saturated heterocycles. The molecule has 5 heteroatoms. The maximum atomic E-state index is 13.8. The molecule has 2 aromatic carbocycles. The predicted molar refractivity (Wildman–Crippen MR) is 81.7 cm³/mol. The number of hydrogen-bond donors (Lipinski definition) is 0. The first-order chi connectivity index (χ1) is 9.52. The van der Waals surface area contributed by atoms with E-state index in [0.717, 1.165) is 5.56 Å². The summed E-state index contributed by atoms with van der Waals surface area (Å²) in [6.07, 6.45) is 0.269. The second-order valence-corrected chi connectivity index (χ2v) is 5.63. The molecule has 0 amide bonds. The van der Waals surface area contributed by atoms with E-state index in [2.05, 4.69) is 0 Å². The van der Waals surface area contributed by atoms with E-state index < -0.39 is 5.38 Å². The summed E-state index contributed by atoms with van der Waals surface area (Å²) in [7, 11) is 1.54. The van der Waals surface area contributed by atoms with Crippen molar-refractivity contribution in [3.63, 3.8) is 0 Å². The van der Waals surface area contributed by atoms with E-state index in [-0.39, 0.29) is 12.2 Å². The van der Waals surface area contributed by atoms with Crippen molar-refractivity contribution >= 4 is 34.8 Å². The maximum absolute atomic E-state index is 13.8. The highest BCUT2D eigenvalue weighted by atomic mass is 35.5. The normalized spacial score (nSPS) is 12.2. The minimum atomic E-state index is -0.461. The van der Waals surface area contributed by atoms with E-state index in [0.29, 0.717) is 21.4 Å². The van der Waals surface area contributed by atoms with E-state index >= 15 is 0 Å². The summed E-state index contributed by atoms with van der Waals surface area (Å²) in [6, 6.07) is 9.74. The lowest BCUT2D eigenvalue weighted by Gasteiger charge is -2.15. The molecule has 106 valence electrons. The fourth-order valence-corrected chi connectivity index (χ4v) is 2.70. The van der Waals surface area contributed by atoms with Gasteiger partial charge in [-0.1, -0.05) is 35.3 Å². The Morgan fingerprint density at radius 2 is 1.95 bits per heavy atom. The standard InChI is InChI=1S/C15H12Cl3FO/c1-20-15-7-9(16)5-6-10(15)13(18)8-11-12(17)3-2-4-14(11)19/h2-7,13H,8H2,1H3. The van der Waals surface area contributed by atoms with Crippen molar-refractivity contribution in [1.29, 1.82) is 0 Å². The molecule has 0 N–H and O–H groups in total. The fraction of sp³-hybridized carbons (Fsp3) is 0.200. The van der Waals surface area contributed by atoms with Crippen LogP contribution in [0, 0.1) is 5.82 Å². The average Bonchev–Trinajstić information content (AvgIpc) is 2.42. The van der Waals surface area contributed by atoms with Crippen molar-refractivity contribution in [2.24, 2.45) is 0 Å². The zero-order valence-corrected chi connectivity index (χ0v) is 12.9. The van der Waals surface area contributed by atoms with Gasteiger partial charge in [-0.3, -0.25) is 0 Å². The lowest BCUT2D eigenvalue weighted by Crippen LogP contribution is -2.01. The van der Waals surface area contributed by atoms with Crippen LogP contribution in [0.1, 0.15) is 16.5 Å². The van der Waals surface area contributed by atoms with Crippen LogP contribution in [0.25, 0.3) is 0 Å². The molecule has 0 spiro atoms. The first-order valence-corrected chi connectivity index (χ1v) is 7.12. The molecule has 0 saturated carbocycles. The summed E-state index contributed by atoms with van der Waals surface area (Å²) >= 11 is 18.3. The number of alkyl halides is 1.